The van der Waals surface area contributed by atoms with Crippen molar-refractivity contribution in [1.29, 1.82) is 0 Å². The molecule has 1 aromatic rings. The molecule has 0 spiro atoms. The topological polar surface area (TPSA) is 69.6 Å². The van der Waals surface area contributed by atoms with Crippen LogP contribution >= 0.6 is 0 Å². The second-order valence-corrected chi connectivity index (χ2v) is 5.92. The molecule has 5 nitrogen and oxygen atoms in total. The number of hydrogen-bond donors (Lipinski definition) is 2. The number of carbonyl (C=O) groups excluding carboxylic acids is 1. The van der Waals surface area contributed by atoms with E-state index in [0.717, 1.165) is 37.2 Å². The first kappa shape index (κ1) is 13.9. The highest BCUT2D eigenvalue weighted by molar-refractivity contribution is 5.89. The second kappa shape index (κ2) is 5.76. The minimum atomic E-state index is -0.905. The molecule has 21 heavy (non-hydrogen) atoms. The van der Waals surface area contributed by atoms with Gasteiger partial charge in [-0.05, 0) is 55.4 Å². The van der Waals surface area contributed by atoms with Crippen LogP contribution in [0, 0.1) is 5.92 Å². The summed E-state index contributed by atoms with van der Waals surface area (Å²) >= 11 is 0. The normalized spacial score (nSPS) is 17.2. The zero-order chi connectivity index (χ0) is 14.8. The van der Waals surface area contributed by atoms with Gasteiger partial charge in [0.1, 0.15) is 0 Å². The van der Waals surface area contributed by atoms with Crippen molar-refractivity contribution in [2.24, 2.45) is 5.92 Å². The Kier molecular flexibility index (Phi) is 3.82. The predicted octanol–water partition coefficient (Wildman–Crippen LogP) is 1.66. The van der Waals surface area contributed by atoms with Crippen LogP contribution in [0.15, 0.2) is 18.2 Å². The van der Waals surface area contributed by atoms with E-state index in [-0.39, 0.29) is 5.91 Å². The highest BCUT2D eigenvalue weighted by Crippen LogP contribution is 2.29. The first-order chi connectivity index (χ1) is 10.1. The van der Waals surface area contributed by atoms with Crippen LogP contribution in [0.4, 0.5) is 5.69 Å². The minimum absolute atomic E-state index is 0.0528. The van der Waals surface area contributed by atoms with E-state index in [9.17, 15) is 9.59 Å². The molecule has 112 valence electrons. The van der Waals surface area contributed by atoms with Gasteiger partial charge in [-0.2, -0.15) is 0 Å². The summed E-state index contributed by atoms with van der Waals surface area (Å²) in [6.07, 6.45) is 4.28. The van der Waals surface area contributed by atoms with Gasteiger partial charge in [0.25, 0.3) is 0 Å². The number of amides is 1. The van der Waals surface area contributed by atoms with E-state index in [0.29, 0.717) is 18.0 Å². The number of nitrogens with zero attached hydrogens (tertiary/aromatic N) is 1. The fourth-order valence-corrected chi connectivity index (χ4v) is 2.78. The molecule has 1 amide bonds. The van der Waals surface area contributed by atoms with Crippen LogP contribution in [-0.2, 0) is 11.2 Å². The van der Waals surface area contributed by atoms with Crippen LogP contribution in [-0.4, -0.2) is 36.6 Å². The summed E-state index contributed by atoms with van der Waals surface area (Å²) in [6, 6.07) is 5.17. The Hall–Kier alpha value is -2.04. The van der Waals surface area contributed by atoms with Crippen molar-refractivity contribution in [2.75, 3.05) is 24.5 Å². The molecule has 0 saturated heterocycles. The number of rotatable bonds is 5. The molecule has 0 atom stereocenters. The van der Waals surface area contributed by atoms with E-state index in [4.69, 9.17) is 5.11 Å². The first-order valence-corrected chi connectivity index (χ1v) is 7.51. The summed E-state index contributed by atoms with van der Waals surface area (Å²) < 4.78 is 0. The first-order valence-electron chi connectivity index (χ1n) is 7.51. The van der Waals surface area contributed by atoms with E-state index in [2.05, 4.69) is 5.32 Å². The second-order valence-electron chi connectivity index (χ2n) is 5.92. The number of anilines is 1. The highest BCUT2D eigenvalue weighted by Gasteiger charge is 2.23. The molecule has 0 unspecified atom stereocenters. The van der Waals surface area contributed by atoms with E-state index >= 15 is 0 Å². The van der Waals surface area contributed by atoms with E-state index in [1.807, 2.05) is 11.0 Å². The summed E-state index contributed by atoms with van der Waals surface area (Å²) in [5, 5.41) is 12.0. The van der Waals surface area contributed by atoms with Gasteiger partial charge in [0.05, 0.1) is 12.1 Å². The molecule has 2 N–H and O–H groups in total. The molecular weight excluding hydrogens is 268 g/mol. The van der Waals surface area contributed by atoms with Gasteiger partial charge in [0.2, 0.25) is 5.91 Å². The number of carboxylic acid groups (broad SMARTS) is 1. The number of carbonyl (C=O) groups is 2. The predicted molar refractivity (Wildman–Crippen MR) is 79.7 cm³/mol. The van der Waals surface area contributed by atoms with Gasteiger partial charge in [0.15, 0.2) is 0 Å². The maximum Gasteiger partial charge on any atom is 0.335 e. The van der Waals surface area contributed by atoms with Gasteiger partial charge in [0, 0.05) is 18.8 Å². The zero-order valence-corrected chi connectivity index (χ0v) is 12.0. The summed E-state index contributed by atoms with van der Waals surface area (Å²) in [5.41, 5.74) is 2.33. The van der Waals surface area contributed by atoms with Gasteiger partial charge in [-0.25, -0.2) is 4.79 Å². The molecule has 0 radical (unpaired) electrons. The van der Waals surface area contributed by atoms with E-state index < -0.39 is 5.97 Å². The van der Waals surface area contributed by atoms with Crippen molar-refractivity contribution in [1.82, 2.24) is 5.32 Å². The smallest absolute Gasteiger partial charge is 0.335 e. The van der Waals surface area contributed by atoms with Gasteiger partial charge in [-0.15, -0.1) is 0 Å². The third-order valence-electron chi connectivity index (χ3n) is 4.16. The minimum Gasteiger partial charge on any atom is -0.478 e. The summed E-state index contributed by atoms with van der Waals surface area (Å²) in [6.45, 7) is 1.99. The molecule has 1 aliphatic heterocycles. The third kappa shape index (κ3) is 3.35. The maximum absolute atomic E-state index is 12.0. The van der Waals surface area contributed by atoms with Crippen LogP contribution in [0.5, 0.6) is 0 Å². The van der Waals surface area contributed by atoms with Crippen molar-refractivity contribution < 1.29 is 14.7 Å². The fourth-order valence-electron chi connectivity index (χ4n) is 2.78. The summed E-state index contributed by atoms with van der Waals surface area (Å²) in [4.78, 5) is 25.1. The van der Waals surface area contributed by atoms with Crippen LogP contribution in [0.2, 0.25) is 0 Å². The van der Waals surface area contributed by atoms with E-state index in [1.54, 1.807) is 12.1 Å². The zero-order valence-electron chi connectivity index (χ0n) is 12.0. The number of hydrogen-bond acceptors (Lipinski definition) is 3. The number of aryl methyl sites for hydroxylation is 1. The quantitative estimate of drug-likeness (QED) is 0.864. The maximum atomic E-state index is 12.0. The summed E-state index contributed by atoms with van der Waals surface area (Å²) in [5.74, 6) is -0.171. The molecule has 2 aliphatic rings. The lowest BCUT2D eigenvalue weighted by atomic mass is 9.99. The molecule has 5 heteroatoms. The van der Waals surface area contributed by atoms with Crippen LogP contribution < -0.4 is 10.2 Å². The lowest BCUT2D eigenvalue weighted by molar-refractivity contribution is -0.119. The van der Waals surface area contributed by atoms with Crippen molar-refractivity contribution in [3.63, 3.8) is 0 Å². The number of carboxylic acids is 1. The van der Waals surface area contributed by atoms with Crippen molar-refractivity contribution in [2.45, 2.75) is 25.7 Å². The van der Waals surface area contributed by atoms with Gasteiger partial charge < -0.3 is 15.3 Å². The largest absolute Gasteiger partial charge is 0.478 e. The molecule has 1 saturated carbocycles. The molecule has 1 heterocycles. The highest BCUT2D eigenvalue weighted by atomic mass is 16.4. The van der Waals surface area contributed by atoms with Crippen LogP contribution in [0.25, 0.3) is 0 Å². The van der Waals surface area contributed by atoms with Crippen molar-refractivity contribution in [3.8, 4) is 0 Å². The van der Waals surface area contributed by atoms with Crippen LogP contribution in [0.1, 0.15) is 35.2 Å². The number of aromatic carboxylic acids is 1. The molecule has 0 bridgehead atoms. The Balaban J connectivity index is 1.67. The summed E-state index contributed by atoms with van der Waals surface area (Å²) in [7, 11) is 0. The Morgan fingerprint density at radius 3 is 2.86 bits per heavy atom. The Morgan fingerprint density at radius 1 is 1.33 bits per heavy atom. The standard InChI is InChI=1S/C16H20N2O3/c19-15(17-9-11-3-4-11)10-18-7-1-2-12-8-13(16(20)21)5-6-14(12)18/h5-6,8,11H,1-4,7,9-10H2,(H,17,19)(H,20,21). The van der Waals surface area contributed by atoms with E-state index in [1.165, 1.54) is 12.8 Å². The molecule has 0 aromatic heterocycles. The lowest BCUT2D eigenvalue weighted by Gasteiger charge is -2.31. The third-order valence-corrected chi connectivity index (χ3v) is 4.16. The average molecular weight is 288 g/mol. The molecule has 1 fully saturated rings. The molecule has 1 aromatic carbocycles. The SMILES string of the molecule is O=C(CN1CCCc2cc(C(=O)O)ccc21)NCC1CC1. The molecular formula is C16H20N2O3. The Bertz CT molecular complexity index is 567. The van der Waals surface area contributed by atoms with Gasteiger partial charge in [-0.1, -0.05) is 0 Å². The molecule has 3 rings (SSSR count). The van der Waals surface area contributed by atoms with Gasteiger partial charge >= 0.3 is 5.97 Å². The number of benzene rings is 1. The van der Waals surface area contributed by atoms with Gasteiger partial charge in [-0.3, -0.25) is 4.79 Å². The number of fused-ring (bicyclic) bond motifs is 1. The average Bonchev–Trinajstić information content (AvgIpc) is 3.29. The molecule has 1 aliphatic carbocycles. The van der Waals surface area contributed by atoms with Crippen molar-refractivity contribution in [3.05, 3.63) is 29.3 Å². The Labute approximate surface area is 123 Å². The fraction of sp³-hybridized carbons (Fsp3) is 0.500. The van der Waals surface area contributed by atoms with Crippen molar-refractivity contribution >= 4 is 17.6 Å². The van der Waals surface area contributed by atoms with Crippen LogP contribution in [0.3, 0.4) is 0 Å². The lowest BCUT2D eigenvalue weighted by Crippen LogP contribution is -2.40. The monoisotopic (exact) mass is 288 g/mol. The Morgan fingerprint density at radius 2 is 2.14 bits per heavy atom. The number of nitrogens with one attached hydrogen (secondary N) is 1.